The summed E-state index contributed by atoms with van der Waals surface area (Å²) < 4.78 is 62.5. The molecule has 10 nitrogen and oxygen atoms in total. The van der Waals surface area contributed by atoms with Crippen molar-refractivity contribution in [3.63, 3.8) is 0 Å². The number of fused-ring (bicyclic) bond motifs is 2. The molecular weight excluding hydrogens is 502 g/mol. The summed E-state index contributed by atoms with van der Waals surface area (Å²) >= 11 is 0. The van der Waals surface area contributed by atoms with Crippen molar-refractivity contribution >= 4 is 32.0 Å². The molecule has 1 aromatic rings. The van der Waals surface area contributed by atoms with Gasteiger partial charge in [0.25, 0.3) is 20.2 Å². The maximum atomic E-state index is 11.2. The van der Waals surface area contributed by atoms with Gasteiger partial charge < -0.3 is 20.8 Å². The molecule has 1 saturated carbocycles. The molecule has 0 spiro atoms. The van der Waals surface area contributed by atoms with Gasteiger partial charge in [0.05, 0.1) is 5.25 Å². The van der Waals surface area contributed by atoms with Crippen LogP contribution in [0.1, 0.15) is 31.2 Å². The number of nitrogens with zero attached hydrogens (tertiary/aromatic N) is 2. The van der Waals surface area contributed by atoms with Crippen LogP contribution in [-0.2, 0) is 39.7 Å². The summed E-state index contributed by atoms with van der Waals surface area (Å²) in [6, 6.07) is 2.05. The number of benzene rings is 1. The minimum absolute atomic E-state index is 0. The molecular formula is C18H24N2O8S2Zn. The van der Waals surface area contributed by atoms with E-state index < -0.39 is 31.6 Å². The number of rotatable bonds is 2. The van der Waals surface area contributed by atoms with E-state index in [4.69, 9.17) is 9.11 Å². The third-order valence-electron chi connectivity index (χ3n) is 5.55. The van der Waals surface area contributed by atoms with E-state index in [1.807, 2.05) is 0 Å². The van der Waals surface area contributed by atoms with Crippen LogP contribution in [0, 0.1) is 5.92 Å². The fourth-order valence-corrected chi connectivity index (χ4v) is 6.08. The first-order chi connectivity index (χ1) is 14.0. The minimum Gasteiger partial charge on any atom is -0.678 e. The topological polar surface area (TPSA) is 177 Å². The molecule has 4 unspecified atom stereocenters. The van der Waals surface area contributed by atoms with E-state index in [0.29, 0.717) is 25.9 Å². The zero-order chi connectivity index (χ0) is 22.1. The Labute approximate surface area is 194 Å². The third-order valence-corrected chi connectivity index (χ3v) is 7.81. The van der Waals surface area contributed by atoms with Gasteiger partial charge in [-0.25, -0.2) is 0 Å². The Kier molecular flexibility index (Phi) is 8.65. The molecule has 2 aliphatic heterocycles. The second-order valence-electron chi connectivity index (χ2n) is 7.46. The van der Waals surface area contributed by atoms with Crippen LogP contribution >= 0.6 is 0 Å². The van der Waals surface area contributed by atoms with E-state index in [1.165, 1.54) is 12.1 Å². The van der Waals surface area contributed by atoms with Gasteiger partial charge in [0.15, 0.2) is 0 Å². The van der Waals surface area contributed by atoms with Crippen LogP contribution in [0.25, 0.3) is 16.7 Å². The predicted octanol–water partition coefficient (Wildman–Crippen LogP) is 2.22. The fraction of sp³-hybridized carbons (Fsp3) is 0.556. The van der Waals surface area contributed by atoms with Crippen molar-refractivity contribution in [2.45, 2.75) is 48.0 Å². The van der Waals surface area contributed by atoms with Crippen LogP contribution in [0.15, 0.2) is 23.1 Å². The van der Waals surface area contributed by atoms with E-state index in [-0.39, 0.29) is 53.3 Å². The SMILES string of the molecule is O=S(=O)(O)C1CCC(O)C2[N-]CCCC21.O=S(=O)(O)c1ccc(O)c2c1C=CC[N-]2.[Zn+2]. The molecule has 1 saturated heterocycles. The summed E-state index contributed by atoms with van der Waals surface area (Å²) in [4.78, 5) is -0.241. The average molecular weight is 526 g/mol. The van der Waals surface area contributed by atoms with E-state index in [9.17, 15) is 27.0 Å². The van der Waals surface area contributed by atoms with Crippen LogP contribution in [0.4, 0.5) is 5.69 Å². The maximum absolute atomic E-state index is 11.2. The molecule has 2 heterocycles. The summed E-state index contributed by atoms with van der Waals surface area (Å²) in [5.74, 6) is -0.292. The molecule has 0 bridgehead atoms. The summed E-state index contributed by atoms with van der Waals surface area (Å²) in [6.07, 6.45) is 4.97. The van der Waals surface area contributed by atoms with Crippen LogP contribution in [0.2, 0.25) is 0 Å². The molecule has 1 aliphatic carbocycles. The molecule has 0 aromatic heterocycles. The first kappa shape index (κ1) is 26.2. The van der Waals surface area contributed by atoms with Gasteiger partial charge in [0.2, 0.25) is 0 Å². The first-order valence-electron chi connectivity index (χ1n) is 9.48. The quantitative estimate of drug-likeness (QED) is 0.335. The zero-order valence-corrected chi connectivity index (χ0v) is 21.3. The number of piperidine rings is 1. The maximum Gasteiger partial charge on any atom is 2.00 e. The summed E-state index contributed by atoms with van der Waals surface area (Å²) in [5, 5.41) is 26.7. The Balaban J connectivity index is 0.000000213. The molecule has 0 amide bonds. The first-order valence-corrected chi connectivity index (χ1v) is 12.4. The molecule has 4 N–H and O–H groups in total. The van der Waals surface area contributed by atoms with Crippen LogP contribution in [0.5, 0.6) is 5.75 Å². The molecule has 1 aromatic carbocycles. The Bertz CT molecular complexity index is 1030. The second kappa shape index (κ2) is 10.2. The van der Waals surface area contributed by atoms with E-state index >= 15 is 0 Å². The van der Waals surface area contributed by atoms with Crippen LogP contribution in [-0.4, -0.2) is 66.6 Å². The molecule has 4 atom stereocenters. The van der Waals surface area contributed by atoms with Gasteiger partial charge in [0, 0.05) is 6.10 Å². The van der Waals surface area contributed by atoms with Crippen LogP contribution < -0.4 is 0 Å². The van der Waals surface area contributed by atoms with Crippen molar-refractivity contribution < 1.29 is 55.6 Å². The molecule has 2 fully saturated rings. The molecule has 168 valence electrons. The standard InChI is InChI=1S/C9H16NO4S.C9H8NO4S.Zn/c2*11-7-3-4-8(15(12,13)14)6-2-1-5-10-9(6)7;/h6-9,11H,1-5H2,(H,12,13,14);1-4,11H,5H2,(H,12,13,14);/q2*-1;+2. The van der Waals surface area contributed by atoms with Gasteiger partial charge >= 0.3 is 19.5 Å². The fourth-order valence-electron chi connectivity index (χ4n) is 4.22. The Morgan fingerprint density at radius 1 is 1.03 bits per heavy atom. The van der Waals surface area contributed by atoms with Crippen molar-refractivity contribution in [3.8, 4) is 5.75 Å². The van der Waals surface area contributed by atoms with Gasteiger partial charge in [-0.2, -0.15) is 16.8 Å². The van der Waals surface area contributed by atoms with Crippen molar-refractivity contribution in [2.75, 3.05) is 13.1 Å². The van der Waals surface area contributed by atoms with Gasteiger partial charge in [-0.3, -0.25) is 9.11 Å². The van der Waals surface area contributed by atoms with Crippen molar-refractivity contribution in [1.82, 2.24) is 0 Å². The van der Waals surface area contributed by atoms with Gasteiger partial charge in [-0.15, -0.1) is 25.2 Å². The number of hydrogen-bond acceptors (Lipinski definition) is 6. The largest absolute Gasteiger partial charge is 2.00 e. The second-order valence-corrected chi connectivity index (χ2v) is 10.5. The van der Waals surface area contributed by atoms with Crippen LogP contribution in [0.3, 0.4) is 0 Å². The zero-order valence-electron chi connectivity index (χ0n) is 16.7. The van der Waals surface area contributed by atoms with E-state index in [2.05, 4.69) is 10.6 Å². The summed E-state index contributed by atoms with van der Waals surface area (Å²) in [5.41, 5.74) is 0.427. The monoisotopic (exact) mass is 524 g/mol. The Morgan fingerprint density at radius 2 is 1.74 bits per heavy atom. The predicted molar refractivity (Wildman–Crippen MR) is 110 cm³/mol. The van der Waals surface area contributed by atoms with Gasteiger partial charge in [-0.1, -0.05) is 24.6 Å². The Morgan fingerprint density at radius 3 is 2.39 bits per heavy atom. The number of aromatic hydroxyl groups is 1. The van der Waals surface area contributed by atoms with Crippen molar-refractivity contribution in [1.29, 1.82) is 0 Å². The van der Waals surface area contributed by atoms with Crippen molar-refractivity contribution in [2.24, 2.45) is 5.92 Å². The minimum atomic E-state index is -4.28. The molecule has 31 heavy (non-hydrogen) atoms. The summed E-state index contributed by atoms with van der Waals surface area (Å²) in [7, 11) is -8.27. The molecule has 13 heteroatoms. The molecule has 4 rings (SSSR count). The number of phenolic OH excluding ortho intramolecular Hbond substituents is 1. The molecule has 3 aliphatic rings. The van der Waals surface area contributed by atoms with Gasteiger partial charge in [-0.05, 0) is 36.5 Å². The number of hydrogen-bond donors (Lipinski definition) is 4. The van der Waals surface area contributed by atoms with Crippen molar-refractivity contribution in [3.05, 3.63) is 34.4 Å². The molecule has 0 radical (unpaired) electrons. The summed E-state index contributed by atoms with van der Waals surface area (Å²) in [6.45, 7) is 1.08. The number of aliphatic hydroxyl groups excluding tert-OH is 1. The normalized spacial score (nSPS) is 27.5. The van der Waals surface area contributed by atoms with E-state index in [1.54, 1.807) is 6.08 Å². The third kappa shape index (κ3) is 6.04. The number of aliphatic hydroxyl groups is 1. The number of phenols is 1. The van der Waals surface area contributed by atoms with Gasteiger partial charge in [0.1, 0.15) is 10.6 Å². The smallest absolute Gasteiger partial charge is 0.678 e. The average Bonchev–Trinajstić information content (AvgIpc) is 2.67. The van der Waals surface area contributed by atoms with E-state index in [0.717, 1.165) is 18.9 Å². The Hall–Kier alpha value is -1.08.